The van der Waals surface area contributed by atoms with Crippen molar-refractivity contribution in [3.63, 3.8) is 0 Å². The van der Waals surface area contributed by atoms with Crippen molar-refractivity contribution in [2.24, 2.45) is 0 Å². The predicted octanol–water partition coefficient (Wildman–Crippen LogP) is 1.80. The first kappa shape index (κ1) is 16.5. The van der Waals surface area contributed by atoms with Gasteiger partial charge in [-0.3, -0.25) is 4.79 Å². The molecule has 0 saturated carbocycles. The number of morpholine rings is 1. The number of thiazole rings is 1. The third kappa shape index (κ3) is 3.60. The van der Waals surface area contributed by atoms with Crippen LogP contribution in [0.25, 0.3) is 0 Å². The molecule has 3 rings (SSSR count). The van der Waals surface area contributed by atoms with Gasteiger partial charge in [-0.2, -0.15) is 0 Å². The summed E-state index contributed by atoms with van der Waals surface area (Å²) in [4.78, 5) is 29.3. The van der Waals surface area contributed by atoms with E-state index in [1.807, 2.05) is 0 Å². The Hall–Kier alpha value is -2.32. The topological polar surface area (TPSA) is 79.7 Å². The van der Waals surface area contributed by atoms with Crippen LogP contribution in [0.4, 0.5) is 4.39 Å². The van der Waals surface area contributed by atoms with Crippen LogP contribution in [0.15, 0.2) is 29.6 Å². The van der Waals surface area contributed by atoms with E-state index in [1.165, 1.54) is 28.4 Å². The Labute approximate surface area is 141 Å². The molecule has 2 heterocycles. The largest absolute Gasteiger partial charge is 0.480 e. The first-order valence-corrected chi connectivity index (χ1v) is 8.23. The molecule has 0 aliphatic carbocycles. The minimum Gasteiger partial charge on any atom is -0.480 e. The molecule has 0 bridgehead atoms. The van der Waals surface area contributed by atoms with Crippen LogP contribution in [0.3, 0.4) is 0 Å². The van der Waals surface area contributed by atoms with Crippen molar-refractivity contribution in [3.8, 4) is 0 Å². The van der Waals surface area contributed by atoms with Gasteiger partial charge in [-0.25, -0.2) is 14.2 Å². The fraction of sp³-hybridized carbons (Fsp3) is 0.312. The Balaban J connectivity index is 1.74. The summed E-state index contributed by atoms with van der Waals surface area (Å²) in [6.07, 6.45) is 0.418. The molecule has 2 aromatic rings. The van der Waals surface area contributed by atoms with Gasteiger partial charge in [0, 0.05) is 18.3 Å². The number of ether oxygens (including phenoxy) is 1. The van der Waals surface area contributed by atoms with Crippen LogP contribution in [0.2, 0.25) is 0 Å². The number of hydrogen-bond donors (Lipinski definition) is 1. The summed E-state index contributed by atoms with van der Waals surface area (Å²) < 4.78 is 18.3. The van der Waals surface area contributed by atoms with Gasteiger partial charge in [-0.1, -0.05) is 12.1 Å². The van der Waals surface area contributed by atoms with E-state index < -0.39 is 17.9 Å². The molecule has 8 heteroatoms. The fourth-order valence-corrected chi connectivity index (χ4v) is 3.31. The van der Waals surface area contributed by atoms with Crippen LogP contribution in [-0.4, -0.2) is 52.7 Å². The van der Waals surface area contributed by atoms with Crippen molar-refractivity contribution in [1.82, 2.24) is 9.88 Å². The van der Waals surface area contributed by atoms with Crippen molar-refractivity contribution in [1.29, 1.82) is 0 Å². The van der Waals surface area contributed by atoms with Gasteiger partial charge in [0.25, 0.3) is 5.91 Å². The summed E-state index contributed by atoms with van der Waals surface area (Å²) in [5.74, 6) is -1.84. The zero-order valence-corrected chi connectivity index (χ0v) is 13.5. The Morgan fingerprint density at radius 2 is 2.29 bits per heavy atom. The highest BCUT2D eigenvalue weighted by Gasteiger charge is 2.34. The molecule has 6 nitrogen and oxygen atoms in total. The number of aromatic nitrogens is 1. The van der Waals surface area contributed by atoms with Gasteiger partial charge >= 0.3 is 5.97 Å². The Kier molecular flexibility index (Phi) is 4.86. The molecule has 1 unspecified atom stereocenters. The van der Waals surface area contributed by atoms with Crippen molar-refractivity contribution in [2.45, 2.75) is 12.5 Å². The van der Waals surface area contributed by atoms with Crippen LogP contribution < -0.4 is 0 Å². The van der Waals surface area contributed by atoms with Crippen LogP contribution in [0.1, 0.15) is 21.1 Å². The van der Waals surface area contributed by atoms with Crippen LogP contribution >= 0.6 is 11.3 Å². The lowest BCUT2D eigenvalue weighted by atomic mass is 10.1. The Bertz CT molecular complexity index is 764. The molecule has 1 fully saturated rings. The van der Waals surface area contributed by atoms with Crippen LogP contribution in [0.5, 0.6) is 0 Å². The molecule has 24 heavy (non-hydrogen) atoms. The van der Waals surface area contributed by atoms with Gasteiger partial charge in [-0.05, 0) is 17.7 Å². The predicted molar refractivity (Wildman–Crippen MR) is 84.6 cm³/mol. The third-order valence-electron chi connectivity index (χ3n) is 3.69. The van der Waals surface area contributed by atoms with Gasteiger partial charge < -0.3 is 14.7 Å². The maximum atomic E-state index is 13.2. The molecular formula is C16H15FN2O4S. The molecule has 1 aliphatic heterocycles. The molecule has 1 amide bonds. The number of carboxylic acids is 1. The number of rotatable bonds is 4. The Morgan fingerprint density at radius 3 is 3.04 bits per heavy atom. The van der Waals surface area contributed by atoms with Gasteiger partial charge in [0.15, 0.2) is 6.04 Å². The maximum Gasteiger partial charge on any atom is 0.328 e. The van der Waals surface area contributed by atoms with Crippen molar-refractivity contribution in [3.05, 3.63) is 51.7 Å². The normalized spacial score (nSPS) is 17.7. The highest BCUT2D eigenvalue weighted by Crippen LogP contribution is 2.18. The molecule has 1 aliphatic rings. The SMILES string of the molecule is O=C(O)C1COCCN1C(=O)c1csc(Cc2cccc(F)c2)n1. The van der Waals surface area contributed by atoms with Crippen molar-refractivity contribution < 1.29 is 23.8 Å². The second kappa shape index (κ2) is 7.06. The van der Waals surface area contributed by atoms with Crippen LogP contribution in [-0.2, 0) is 16.0 Å². The number of carbonyl (C=O) groups is 2. The van der Waals surface area contributed by atoms with E-state index in [4.69, 9.17) is 4.74 Å². The number of benzene rings is 1. The second-order valence-corrected chi connectivity index (χ2v) is 6.30. The highest BCUT2D eigenvalue weighted by molar-refractivity contribution is 7.09. The summed E-state index contributed by atoms with van der Waals surface area (Å²) >= 11 is 1.29. The zero-order valence-electron chi connectivity index (χ0n) is 12.6. The van der Waals surface area contributed by atoms with E-state index in [-0.39, 0.29) is 24.7 Å². The highest BCUT2D eigenvalue weighted by atomic mass is 32.1. The molecule has 1 aromatic carbocycles. The van der Waals surface area contributed by atoms with E-state index in [1.54, 1.807) is 17.5 Å². The van der Waals surface area contributed by atoms with E-state index in [9.17, 15) is 19.1 Å². The first-order valence-electron chi connectivity index (χ1n) is 7.35. The van der Waals surface area contributed by atoms with Gasteiger partial charge in [-0.15, -0.1) is 11.3 Å². The minimum atomic E-state index is -1.10. The number of carboxylic acid groups (broad SMARTS) is 1. The summed E-state index contributed by atoms with van der Waals surface area (Å²) in [5.41, 5.74) is 0.970. The van der Waals surface area contributed by atoms with Crippen LogP contribution in [0, 0.1) is 5.82 Å². The average Bonchev–Trinajstić information content (AvgIpc) is 3.02. The lowest BCUT2D eigenvalue weighted by Crippen LogP contribution is -2.52. The number of aliphatic carboxylic acids is 1. The van der Waals surface area contributed by atoms with Gasteiger partial charge in [0.2, 0.25) is 0 Å². The molecule has 1 N–H and O–H groups in total. The van der Waals surface area contributed by atoms with Gasteiger partial charge in [0.05, 0.1) is 18.2 Å². The number of carbonyl (C=O) groups excluding carboxylic acids is 1. The Morgan fingerprint density at radius 1 is 1.46 bits per heavy atom. The molecular weight excluding hydrogens is 335 g/mol. The second-order valence-electron chi connectivity index (χ2n) is 5.36. The average molecular weight is 350 g/mol. The smallest absolute Gasteiger partial charge is 0.328 e. The minimum absolute atomic E-state index is 0.0264. The molecule has 1 atom stereocenters. The lowest BCUT2D eigenvalue weighted by Gasteiger charge is -2.32. The number of halogens is 1. The quantitative estimate of drug-likeness (QED) is 0.909. The molecule has 1 aromatic heterocycles. The summed E-state index contributed by atoms with van der Waals surface area (Å²) in [5, 5.41) is 11.5. The van der Waals surface area contributed by atoms with E-state index in [0.29, 0.717) is 18.0 Å². The number of amides is 1. The summed E-state index contributed by atoms with van der Waals surface area (Å²) in [6, 6.07) is 5.19. The molecule has 0 radical (unpaired) electrons. The number of hydrogen-bond acceptors (Lipinski definition) is 5. The molecule has 126 valence electrons. The summed E-state index contributed by atoms with van der Waals surface area (Å²) in [7, 11) is 0. The van der Waals surface area contributed by atoms with E-state index in [0.717, 1.165) is 5.56 Å². The monoisotopic (exact) mass is 350 g/mol. The number of nitrogens with zero attached hydrogens (tertiary/aromatic N) is 2. The maximum absolute atomic E-state index is 13.2. The molecule has 0 spiro atoms. The fourth-order valence-electron chi connectivity index (χ4n) is 2.51. The van der Waals surface area contributed by atoms with Gasteiger partial charge in [0.1, 0.15) is 11.5 Å². The zero-order chi connectivity index (χ0) is 17.1. The van der Waals surface area contributed by atoms with Crippen molar-refractivity contribution >= 4 is 23.2 Å². The molecule has 1 saturated heterocycles. The third-order valence-corrected chi connectivity index (χ3v) is 4.54. The van der Waals surface area contributed by atoms with E-state index in [2.05, 4.69) is 4.98 Å². The lowest BCUT2D eigenvalue weighted by molar-refractivity contribution is -0.147. The first-order chi connectivity index (χ1) is 11.5. The van der Waals surface area contributed by atoms with Crippen molar-refractivity contribution in [2.75, 3.05) is 19.8 Å². The summed E-state index contributed by atoms with van der Waals surface area (Å²) in [6.45, 7) is 0.490. The standard InChI is InChI=1S/C16H15FN2O4S/c17-11-3-1-2-10(6-11)7-14-18-12(9-24-14)15(20)19-4-5-23-8-13(19)16(21)22/h1-3,6,9,13H,4-5,7-8H2,(H,21,22). The van der Waals surface area contributed by atoms with E-state index >= 15 is 0 Å².